The molecule has 1 amide bonds. The number of hydrogen-bond donors (Lipinski definition) is 0. The summed E-state index contributed by atoms with van der Waals surface area (Å²) in [7, 11) is 3.12. The standard InChI is InChI=1S/C20H17BrN2O3/c1-25-18-8-16-17(9-19(18)26-2)22-10-15-7-13(11-23(15)20(16)24)12-3-5-14(21)6-4-12/h3-6,8-11,15H,7H2,1-2H3/t15-/m0/s1. The van der Waals surface area contributed by atoms with E-state index in [1.165, 1.54) is 0 Å². The van der Waals surface area contributed by atoms with Crippen LogP contribution in [0.15, 0.2) is 52.1 Å². The molecule has 2 aromatic rings. The van der Waals surface area contributed by atoms with Crippen LogP contribution in [0.4, 0.5) is 5.69 Å². The first-order valence-corrected chi connectivity index (χ1v) is 8.99. The highest BCUT2D eigenvalue weighted by Crippen LogP contribution is 2.39. The zero-order valence-electron chi connectivity index (χ0n) is 14.4. The topological polar surface area (TPSA) is 51.1 Å². The Morgan fingerprint density at radius 2 is 1.81 bits per heavy atom. The molecule has 0 bridgehead atoms. The summed E-state index contributed by atoms with van der Waals surface area (Å²) in [5.74, 6) is 0.990. The van der Waals surface area contributed by atoms with E-state index in [0.29, 0.717) is 22.7 Å². The lowest BCUT2D eigenvalue weighted by molar-refractivity contribution is 0.0817. The second kappa shape index (κ2) is 6.61. The molecule has 2 aliphatic heterocycles. The Bertz CT molecular complexity index is 935. The molecule has 6 heteroatoms. The first-order valence-electron chi connectivity index (χ1n) is 8.20. The van der Waals surface area contributed by atoms with Crippen LogP contribution in [-0.4, -0.2) is 37.3 Å². The van der Waals surface area contributed by atoms with Crippen molar-refractivity contribution in [2.75, 3.05) is 14.2 Å². The van der Waals surface area contributed by atoms with Crippen LogP contribution in [0.2, 0.25) is 0 Å². The van der Waals surface area contributed by atoms with Gasteiger partial charge in [-0.05, 0) is 29.3 Å². The summed E-state index contributed by atoms with van der Waals surface area (Å²) in [5, 5.41) is 0. The lowest BCUT2D eigenvalue weighted by Crippen LogP contribution is -2.32. The highest BCUT2D eigenvalue weighted by atomic mass is 79.9. The number of hydrogen-bond acceptors (Lipinski definition) is 4. The van der Waals surface area contributed by atoms with E-state index in [4.69, 9.17) is 9.47 Å². The Hall–Kier alpha value is -2.60. The molecule has 132 valence electrons. The van der Waals surface area contributed by atoms with Gasteiger partial charge in [0, 0.05) is 29.4 Å². The molecule has 0 fully saturated rings. The second-order valence-electron chi connectivity index (χ2n) is 6.15. The molecule has 4 rings (SSSR count). The maximum absolute atomic E-state index is 13.1. The summed E-state index contributed by atoms with van der Waals surface area (Å²) in [6, 6.07) is 11.4. The van der Waals surface area contributed by atoms with Crippen LogP contribution in [0.1, 0.15) is 22.3 Å². The predicted molar refractivity (Wildman–Crippen MR) is 104 cm³/mol. The lowest BCUT2D eigenvalue weighted by Gasteiger charge is -2.18. The molecule has 0 aliphatic carbocycles. The molecule has 0 radical (unpaired) electrons. The number of carbonyl (C=O) groups excluding carboxylic acids is 1. The Morgan fingerprint density at radius 3 is 2.50 bits per heavy atom. The van der Waals surface area contributed by atoms with Gasteiger partial charge in [0.05, 0.1) is 31.5 Å². The number of methoxy groups -OCH3 is 2. The van der Waals surface area contributed by atoms with Gasteiger partial charge in [0.1, 0.15) is 0 Å². The van der Waals surface area contributed by atoms with E-state index in [-0.39, 0.29) is 11.9 Å². The van der Waals surface area contributed by atoms with Crippen LogP contribution in [0.5, 0.6) is 11.5 Å². The summed E-state index contributed by atoms with van der Waals surface area (Å²) >= 11 is 3.45. The van der Waals surface area contributed by atoms with Crippen LogP contribution in [-0.2, 0) is 0 Å². The lowest BCUT2D eigenvalue weighted by atomic mass is 10.0. The average molecular weight is 413 g/mol. The molecule has 2 aliphatic rings. The maximum atomic E-state index is 13.1. The number of aliphatic imine (C=N–C) groups is 1. The number of rotatable bonds is 3. The molecule has 0 unspecified atom stereocenters. The number of carbonyl (C=O) groups is 1. The molecule has 1 atom stereocenters. The van der Waals surface area contributed by atoms with E-state index in [1.807, 2.05) is 36.7 Å². The molecule has 0 spiro atoms. The van der Waals surface area contributed by atoms with Crippen LogP contribution < -0.4 is 9.47 Å². The third-order valence-corrected chi connectivity index (χ3v) is 5.18. The van der Waals surface area contributed by atoms with Crippen molar-refractivity contribution in [3.63, 3.8) is 0 Å². The summed E-state index contributed by atoms with van der Waals surface area (Å²) < 4.78 is 11.7. The summed E-state index contributed by atoms with van der Waals surface area (Å²) in [6.45, 7) is 0. The van der Waals surface area contributed by atoms with E-state index >= 15 is 0 Å². The first kappa shape index (κ1) is 16.8. The summed E-state index contributed by atoms with van der Waals surface area (Å²) in [6.07, 6.45) is 4.49. The van der Waals surface area contributed by atoms with Gasteiger partial charge in [-0.25, -0.2) is 0 Å². The van der Waals surface area contributed by atoms with E-state index in [9.17, 15) is 4.79 Å². The molecule has 0 saturated heterocycles. The van der Waals surface area contributed by atoms with Crippen molar-refractivity contribution in [2.24, 2.45) is 4.99 Å². The van der Waals surface area contributed by atoms with Crippen LogP contribution in [0, 0.1) is 0 Å². The van der Waals surface area contributed by atoms with E-state index in [0.717, 1.165) is 22.0 Å². The summed E-state index contributed by atoms with van der Waals surface area (Å²) in [4.78, 5) is 19.4. The number of ether oxygens (including phenoxy) is 2. The van der Waals surface area contributed by atoms with Gasteiger partial charge in [-0.2, -0.15) is 0 Å². The van der Waals surface area contributed by atoms with Crippen LogP contribution in [0.25, 0.3) is 5.57 Å². The van der Waals surface area contributed by atoms with Gasteiger partial charge in [-0.15, -0.1) is 0 Å². The smallest absolute Gasteiger partial charge is 0.260 e. The number of fused-ring (bicyclic) bond motifs is 2. The van der Waals surface area contributed by atoms with Crippen molar-refractivity contribution >= 4 is 39.3 Å². The number of benzene rings is 2. The molecule has 5 nitrogen and oxygen atoms in total. The molecule has 0 N–H and O–H groups in total. The van der Waals surface area contributed by atoms with Gasteiger partial charge in [0.15, 0.2) is 11.5 Å². The van der Waals surface area contributed by atoms with Gasteiger partial charge >= 0.3 is 0 Å². The minimum Gasteiger partial charge on any atom is -0.493 e. The largest absolute Gasteiger partial charge is 0.493 e. The number of nitrogens with zero attached hydrogens (tertiary/aromatic N) is 2. The fourth-order valence-electron chi connectivity index (χ4n) is 3.28. The van der Waals surface area contributed by atoms with Crippen molar-refractivity contribution in [3.05, 3.63) is 58.2 Å². The Morgan fingerprint density at radius 1 is 1.12 bits per heavy atom. The highest BCUT2D eigenvalue weighted by Gasteiger charge is 2.33. The molecular formula is C20H17BrN2O3. The van der Waals surface area contributed by atoms with E-state index in [1.54, 1.807) is 31.3 Å². The van der Waals surface area contributed by atoms with Crippen LogP contribution >= 0.6 is 15.9 Å². The fourth-order valence-corrected chi connectivity index (χ4v) is 3.55. The quantitative estimate of drug-likeness (QED) is 0.748. The average Bonchev–Trinajstić information content (AvgIpc) is 3.05. The summed E-state index contributed by atoms with van der Waals surface area (Å²) in [5.41, 5.74) is 3.33. The molecule has 0 saturated carbocycles. The van der Waals surface area contributed by atoms with Gasteiger partial charge < -0.3 is 14.4 Å². The van der Waals surface area contributed by atoms with Crippen molar-refractivity contribution in [2.45, 2.75) is 12.5 Å². The zero-order valence-corrected chi connectivity index (χ0v) is 16.0. The van der Waals surface area contributed by atoms with Crippen molar-refractivity contribution in [1.82, 2.24) is 4.90 Å². The third-order valence-electron chi connectivity index (χ3n) is 4.65. The minimum atomic E-state index is -0.0921. The maximum Gasteiger partial charge on any atom is 0.260 e. The van der Waals surface area contributed by atoms with Crippen molar-refractivity contribution < 1.29 is 14.3 Å². The normalized spacial score (nSPS) is 18.1. The van der Waals surface area contributed by atoms with Gasteiger partial charge in [0.2, 0.25) is 0 Å². The van der Waals surface area contributed by atoms with Gasteiger partial charge in [0.25, 0.3) is 5.91 Å². The third kappa shape index (κ3) is 2.80. The molecule has 2 heterocycles. The Labute approximate surface area is 160 Å². The van der Waals surface area contributed by atoms with Gasteiger partial charge in [-0.3, -0.25) is 9.79 Å². The molecule has 0 aromatic heterocycles. The van der Waals surface area contributed by atoms with E-state index in [2.05, 4.69) is 20.9 Å². The van der Waals surface area contributed by atoms with Crippen molar-refractivity contribution in [3.8, 4) is 11.5 Å². The minimum absolute atomic E-state index is 0.0874. The Kier molecular flexibility index (Phi) is 4.28. The predicted octanol–water partition coefficient (Wildman–Crippen LogP) is 4.44. The van der Waals surface area contributed by atoms with E-state index < -0.39 is 0 Å². The monoisotopic (exact) mass is 412 g/mol. The fraction of sp³-hybridized carbons (Fsp3) is 0.200. The number of amides is 1. The van der Waals surface area contributed by atoms with Crippen LogP contribution in [0.3, 0.4) is 0 Å². The first-order chi connectivity index (χ1) is 12.6. The number of halogens is 1. The zero-order chi connectivity index (χ0) is 18.3. The molecule has 26 heavy (non-hydrogen) atoms. The Balaban J connectivity index is 1.73. The van der Waals surface area contributed by atoms with Crippen molar-refractivity contribution in [1.29, 1.82) is 0 Å². The SMILES string of the molecule is COc1cc2c(cc1OC)C(=O)N1C=C(c3ccc(Br)cc3)C[C@H]1C=N2. The second-order valence-corrected chi connectivity index (χ2v) is 7.06. The highest BCUT2D eigenvalue weighted by molar-refractivity contribution is 9.10. The molecular weight excluding hydrogens is 396 g/mol. The van der Waals surface area contributed by atoms with Gasteiger partial charge in [-0.1, -0.05) is 28.1 Å². The molecule has 2 aromatic carbocycles.